The molecule has 2 heterocycles. The molecule has 0 aliphatic carbocycles. The van der Waals surface area contributed by atoms with Crippen molar-refractivity contribution >= 4 is 35.3 Å². The number of halogens is 1. The molecule has 116 valence electrons. The predicted octanol–water partition coefficient (Wildman–Crippen LogP) is 3.31. The Morgan fingerprint density at radius 3 is 3.05 bits per heavy atom. The molecule has 22 heavy (non-hydrogen) atoms. The smallest absolute Gasteiger partial charge is 0.322 e. The Kier molecular flexibility index (Phi) is 4.97. The lowest BCUT2D eigenvalue weighted by atomic mass is 10.2. The molecule has 1 aliphatic rings. The summed E-state index contributed by atoms with van der Waals surface area (Å²) < 4.78 is 10.8. The van der Waals surface area contributed by atoms with Crippen LogP contribution < -0.4 is 5.32 Å². The van der Waals surface area contributed by atoms with E-state index in [9.17, 15) is 4.79 Å². The molecule has 6 nitrogen and oxygen atoms in total. The quantitative estimate of drug-likeness (QED) is 0.842. The van der Waals surface area contributed by atoms with Gasteiger partial charge in [-0.1, -0.05) is 28.8 Å². The Labute approximate surface area is 136 Å². The van der Waals surface area contributed by atoms with Crippen molar-refractivity contribution in [3.63, 3.8) is 0 Å². The molecule has 1 aromatic carbocycles. The third-order valence-corrected chi connectivity index (χ3v) is 4.60. The molecule has 1 amide bonds. The zero-order chi connectivity index (χ0) is 15.4. The van der Waals surface area contributed by atoms with E-state index in [0.717, 1.165) is 17.7 Å². The maximum absolute atomic E-state index is 11.9. The Morgan fingerprint density at radius 1 is 1.41 bits per heavy atom. The zero-order valence-electron chi connectivity index (χ0n) is 11.6. The highest BCUT2D eigenvalue weighted by Crippen LogP contribution is 2.29. The van der Waals surface area contributed by atoms with E-state index in [-0.39, 0.29) is 23.8 Å². The minimum Gasteiger partial charge on any atom is -0.405 e. The second-order valence-corrected chi connectivity index (χ2v) is 6.14. The number of benzene rings is 1. The van der Waals surface area contributed by atoms with Crippen molar-refractivity contribution in [2.24, 2.45) is 0 Å². The van der Waals surface area contributed by atoms with Gasteiger partial charge in [0.25, 0.3) is 0 Å². The second kappa shape index (κ2) is 7.13. The molecule has 1 saturated heterocycles. The van der Waals surface area contributed by atoms with Gasteiger partial charge in [0.05, 0.1) is 10.8 Å². The Morgan fingerprint density at radius 2 is 2.27 bits per heavy atom. The van der Waals surface area contributed by atoms with Gasteiger partial charge in [0, 0.05) is 11.5 Å². The van der Waals surface area contributed by atoms with E-state index < -0.39 is 0 Å². The van der Waals surface area contributed by atoms with Crippen LogP contribution >= 0.6 is 23.4 Å². The molecular weight excluding hydrogens is 326 g/mol. The molecule has 0 spiro atoms. The van der Waals surface area contributed by atoms with Crippen LogP contribution in [0.1, 0.15) is 24.8 Å². The summed E-state index contributed by atoms with van der Waals surface area (Å²) in [5, 5.41) is 10.9. The second-order valence-electron chi connectivity index (χ2n) is 4.71. The normalized spacial score (nSPS) is 17.6. The number of carbonyl (C=O) groups is 1. The van der Waals surface area contributed by atoms with Crippen molar-refractivity contribution in [3.8, 4) is 0 Å². The lowest BCUT2D eigenvalue weighted by molar-refractivity contribution is -0.113. The maximum atomic E-state index is 11.9. The fraction of sp³-hybridized carbons (Fsp3) is 0.357. The van der Waals surface area contributed by atoms with Gasteiger partial charge in [-0.05, 0) is 25.0 Å². The van der Waals surface area contributed by atoms with Crippen LogP contribution in [0.2, 0.25) is 5.02 Å². The first-order valence-corrected chi connectivity index (χ1v) is 8.21. The van der Waals surface area contributed by atoms with Crippen LogP contribution in [0, 0.1) is 0 Å². The summed E-state index contributed by atoms with van der Waals surface area (Å²) in [4.78, 5) is 12.7. The van der Waals surface area contributed by atoms with Gasteiger partial charge in [-0.15, -0.1) is 16.9 Å². The number of aromatic nitrogens is 2. The number of carbonyl (C=O) groups excluding carboxylic acids is 1. The average molecular weight is 340 g/mol. The number of hydrogen-bond acceptors (Lipinski definition) is 6. The number of amides is 1. The van der Waals surface area contributed by atoms with E-state index in [1.54, 1.807) is 6.07 Å². The first-order valence-electron chi connectivity index (χ1n) is 6.84. The van der Waals surface area contributed by atoms with E-state index in [4.69, 9.17) is 20.8 Å². The number of rotatable bonds is 5. The van der Waals surface area contributed by atoms with E-state index in [1.807, 2.05) is 18.2 Å². The van der Waals surface area contributed by atoms with Crippen LogP contribution in [0.4, 0.5) is 6.01 Å². The monoisotopic (exact) mass is 339 g/mol. The topological polar surface area (TPSA) is 77.2 Å². The number of nitrogens with one attached hydrogen (secondary N) is 1. The van der Waals surface area contributed by atoms with Gasteiger partial charge in [0.2, 0.25) is 11.8 Å². The molecule has 0 saturated carbocycles. The minimum atomic E-state index is -0.229. The molecule has 1 aliphatic heterocycles. The van der Waals surface area contributed by atoms with Crippen LogP contribution in [0.25, 0.3) is 0 Å². The van der Waals surface area contributed by atoms with Crippen molar-refractivity contribution < 1.29 is 13.9 Å². The number of hydrogen-bond donors (Lipinski definition) is 1. The average Bonchev–Trinajstić information content (AvgIpc) is 3.17. The molecule has 0 unspecified atom stereocenters. The summed E-state index contributed by atoms with van der Waals surface area (Å²) in [7, 11) is 0. The molecule has 1 aromatic heterocycles. The Hall–Kier alpha value is -1.57. The first kappa shape index (κ1) is 15.3. The van der Waals surface area contributed by atoms with Crippen LogP contribution in [-0.4, -0.2) is 28.5 Å². The first-order chi connectivity index (χ1) is 10.7. The Bertz CT molecular complexity index is 658. The fourth-order valence-electron chi connectivity index (χ4n) is 2.05. The van der Waals surface area contributed by atoms with E-state index in [0.29, 0.717) is 17.5 Å². The lowest BCUT2D eigenvalue weighted by Crippen LogP contribution is -2.14. The molecule has 0 radical (unpaired) electrons. The molecule has 2 aromatic rings. The largest absolute Gasteiger partial charge is 0.405 e. The molecular formula is C14H14ClN3O3S. The van der Waals surface area contributed by atoms with Gasteiger partial charge < -0.3 is 9.15 Å². The van der Waals surface area contributed by atoms with Crippen molar-refractivity contribution in [1.82, 2.24) is 10.2 Å². The fourth-order valence-corrected chi connectivity index (χ4v) is 3.09. The van der Waals surface area contributed by atoms with E-state index in [2.05, 4.69) is 15.5 Å². The summed E-state index contributed by atoms with van der Waals surface area (Å²) in [6.45, 7) is 0.698. The highest BCUT2D eigenvalue weighted by molar-refractivity contribution is 8.00. The molecule has 1 atom stereocenters. The SMILES string of the molecule is O=C(CSc1ccccc1Cl)Nc1nnc([C@H]2CCCO2)o1. The van der Waals surface area contributed by atoms with Crippen LogP contribution in [0.3, 0.4) is 0 Å². The van der Waals surface area contributed by atoms with Crippen molar-refractivity contribution in [2.45, 2.75) is 23.8 Å². The standard InChI is InChI=1S/C14H14ClN3O3S/c15-9-4-1-2-6-11(9)22-8-12(19)16-14-18-17-13(21-14)10-5-3-7-20-10/h1-2,4,6,10H,3,5,7-8H2,(H,16,18,19)/t10-/m1/s1. The number of anilines is 1. The molecule has 1 N–H and O–H groups in total. The molecule has 3 rings (SSSR count). The zero-order valence-corrected chi connectivity index (χ0v) is 13.2. The summed E-state index contributed by atoms with van der Waals surface area (Å²) >= 11 is 7.38. The summed E-state index contributed by atoms with van der Waals surface area (Å²) in [6.07, 6.45) is 1.68. The van der Waals surface area contributed by atoms with Gasteiger partial charge in [0.1, 0.15) is 6.10 Å². The van der Waals surface area contributed by atoms with E-state index >= 15 is 0 Å². The highest BCUT2D eigenvalue weighted by atomic mass is 35.5. The number of thioether (sulfide) groups is 1. The Balaban J connectivity index is 1.52. The van der Waals surface area contributed by atoms with Crippen molar-refractivity contribution in [2.75, 3.05) is 17.7 Å². The van der Waals surface area contributed by atoms with Gasteiger partial charge in [0.15, 0.2) is 0 Å². The van der Waals surface area contributed by atoms with E-state index in [1.165, 1.54) is 11.8 Å². The molecule has 0 bridgehead atoms. The predicted molar refractivity (Wildman–Crippen MR) is 83.0 cm³/mol. The highest BCUT2D eigenvalue weighted by Gasteiger charge is 2.24. The number of nitrogens with zero attached hydrogens (tertiary/aromatic N) is 2. The number of ether oxygens (including phenoxy) is 1. The lowest BCUT2D eigenvalue weighted by Gasteiger charge is -2.03. The summed E-state index contributed by atoms with van der Waals surface area (Å²) in [6, 6.07) is 7.46. The van der Waals surface area contributed by atoms with Crippen LogP contribution in [0.5, 0.6) is 0 Å². The molecule has 8 heteroatoms. The summed E-state index contributed by atoms with van der Waals surface area (Å²) in [5.74, 6) is 0.389. The van der Waals surface area contributed by atoms with Crippen LogP contribution in [0.15, 0.2) is 33.6 Å². The van der Waals surface area contributed by atoms with Gasteiger partial charge in [-0.25, -0.2) is 0 Å². The minimum absolute atomic E-state index is 0.0928. The van der Waals surface area contributed by atoms with Gasteiger partial charge in [-0.3, -0.25) is 10.1 Å². The van der Waals surface area contributed by atoms with Gasteiger partial charge in [-0.2, -0.15) is 0 Å². The van der Waals surface area contributed by atoms with Crippen molar-refractivity contribution in [1.29, 1.82) is 0 Å². The summed E-state index contributed by atoms with van der Waals surface area (Å²) in [5.41, 5.74) is 0. The molecule has 1 fully saturated rings. The third kappa shape index (κ3) is 3.79. The van der Waals surface area contributed by atoms with Gasteiger partial charge >= 0.3 is 6.01 Å². The third-order valence-electron chi connectivity index (χ3n) is 3.09. The van der Waals surface area contributed by atoms with Crippen molar-refractivity contribution in [3.05, 3.63) is 35.2 Å². The maximum Gasteiger partial charge on any atom is 0.322 e. The van der Waals surface area contributed by atoms with Crippen LogP contribution in [-0.2, 0) is 9.53 Å².